The van der Waals surface area contributed by atoms with Gasteiger partial charge in [0, 0.05) is 26.2 Å². The summed E-state index contributed by atoms with van der Waals surface area (Å²) in [6, 6.07) is 9.40. The molecule has 2 rings (SSSR count). The van der Waals surface area contributed by atoms with Crippen LogP contribution in [-0.4, -0.2) is 69.4 Å². The third-order valence-electron chi connectivity index (χ3n) is 3.43. The van der Waals surface area contributed by atoms with E-state index in [4.69, 9.17) is 14.7 Å². The molecule has 1 heterocycles. The van der Waals surface area contributed by atoms with Crippen LogP contribution >= 0.6 is 0 Å². The molecule has 0 aliphatic carbocycles. The molecule has 0 unspecified atom stereocenters. The smallest absolute Gasteiger partial charge is 0.120 e. The molecule has 0 aromatic heterocycles. The molecule has 114 valence electrons. The first-order valence-corrected chi connectivity index (χ1v) is 7.29. The number of hydrogen-bond donors (Lipinski definition) is 0. The molecule has 1 atom stereocenters. The van der Waals surface area contributed by atoms with E-state index in [0.29, 0.717) is 12.2 Å². The fourth-order valence-electron chi connectivity index (χ4n) is 2.45. The maximum absolute atomic E-state index is 8.86. The van der Waals surface area contributed by atoms with Gasteiger partial charge in [-0.1, -0.05) is 6.07 Å². The number of benzene rings is 1. The maximum atomic E-state index is 8.86. The Labute approximate surface area is 126 Å². The number of rotatable bonds is 6. The van der Waals surface area contributed by atoms with Gasteiger partial charge in [0.05, 0.1) is 24.3 Å². The minimum absolute atomic E-state index is 0.274. The molecular formula is C16H23N3O2. The van der Waals surface area contributed by atoms with Crippen molar-refractivity contribution in [3.8, 4) is 11.8 Å². The van der Waals surface area contributed by atoms with E-state index in [1.54, 1.807) is 12.1 Å². The minimum atomic E-state index is 0.274. The molecule has 0 spiro atoms. The monoisotopic (exact) mass is 289 g/mol. The largest absolute Gasteiger partial charge is 0.492 e. The van der Waals surface area contributed by atoms with Gasteiger partial charge in [0.2, 0.25) is 0 Å². The molecule has 0 saturated carbocycles. The molecule has 0 radical (unpaired) electrons. The molecule has 5 heteroatoms. The van der Waals surface area contributed by atoms with E-state index >= 15 is 0 Å². The van der Waals surface area contributed by atoms with Gasteiger partial charge in [-0.15, -0.1) is 0 Å². The topological polar surface area (TPSA) is 48.7 Å². The Morgan fingerprint density at radius 3 is 3.10 bits per heavy atom. The van der Waals surface area contributed by atoms with E-state index in [1.165, 1.54) is 0 Å². The highest BCUT2D eigenvalue weighted by atomic mass is 16.5. The third kappa shape index (κ3) is 5.35. The standard InChI is InChI=1S/C16H23N3O2/c1-18(2)12-16-13-19(7-9-21-16)6-8-20-15-5-3-4-14(10-15)11-17/h3-5,10,16H,6-9,12-13H2,1-2H3/t16-/m0/s1. The lowest BCUT2D eigenvalue weighted by atomic mass is 10.2. The number of likely N-dealkylation sites (N-methyl/N-ethyl adjacent to an activating group) is 1. The normalized spacial score (nSPS) is 19.4. The lowest BCUT2D eigenvalue weighted by molar-refractivity contribution is -0.0405. The van der Waals surface area contributed by atoms with Crippen LogP contribution in [0, 0.1) is 11.3 Å². The first kappa shape index (κ1) is 15.8. The summed E-state index contributed by atoms with van der Waals surface area (Å²) in [6.45, 7) is 5.13. The molecule has 21 heavy (non-hydrogen) atoms. The van der Waals surface area contributed by atoms with Crippen molar-refractivity contribution < 1.29 is 9.47 Å². The van der Waals surface area contributed by atoms with Crippen molar-refractivity contribution in [1.29, 1.82) is 5.26 Å². The van der Waals surface area contributed by atoms with Gasteiger partial charge in [-0.05, 0) is 32.3 Å². The van der Waals surface area contributed by atoms with Crippen LogP contribution in [0.2, 0.25) is 0 Å². The highest BCUT2D eigenvalue weighted by molar-refractivity contribution is 5.36. The second kappa shape index (κ2) is 7.99. The summed E-state index contributed by atoms with van der Waals surface area (Å²) >= 11 is 0. The van der Waals surface area contributed by atoms with Gasteiger partial charge >= 0.3 is 0 Å². The van der Waals surface area contributed by atoms with Crippen LogP contribution < -0.4 is 4.74 Å². The molecule has 5 nitrogen and oxygen atoms in total. The zero-order chi connectivity index (χ0) is 15.1. The minimum Gasteiger partial charge on any atom is -0.492 e. The Morgan fingerprint density at radius 1 is 1.48 bits per heavy atom. The predicted octanol–water partition coefficient (Wildman–Crippen LogP) is 1.20. The van der Waals surface area contributed by atoms with Crippen LogP contribution in [0.25, 0.3) is 0 Å². The first-order chi connectivity index (χ1) is 10.2. The van der Waals surface area contributed by atoms with Crippen molar-refractivity contribution in [2.75, 3.05) is 53.5 Å². The van der Waals surface area contributed by atoms with Crippen molar-refractivity contribution in [1.82, 2.24) is 9.80 Å². The van der Waals surface area contributed by atoms with Gasteiger partial charge in [0.1, 0.15) is 12.4 Å². The second-order valence-electron chi connectivity index (χ2n) is 5.54. The van der Waals surface area contributed by atoms with E-state index in [1.807, 2.05) is 12.1 Å². The fraction of sp³-hybridized carbons (Fsp3) is 0.562. The van der Waals surface area contributed by atoms with Crippen molar-refractivity contribution >= 4 is 0 Å². The molecule has 1 aliphatic rings. The first-order valence-electron chi connectivity index (χ1n) is 7.29. The van der Waals surface area contributed by atoms with E-state index in [2.05, 4.69) is 30.0 Å². The van der Waals surface area contributed by atoms with Gasteiger partial charge in [0.15, 0.2) is 0 Å². The van der Waals surface area contributed by atoms with Crippen LogP contribution in [0.3, 0.4) is 0 Å². The van der Waals surface area contributed by atoms with Crippen molar-refractivity contribution in [2.45, 2.75) is 6.10 Å². The quantitative estimate of drug-likeness (QED) is 0.787. The Kier molecular flexibility index (Phi) is 6.00. The van der Waals surface area contributed by atoms with Crippen molar-refractivity contribution in [2.24, 2.45) is 0 Å². The molecule has 1 aliphatic heterocycles. The van der Waals surface area contributed by atoms with E-state index in [0.717, 1.165) is 38.5 Å². The van der Waals surface area contributed by atoms with E-state index in [-0.39, 0.29) is 6.10 Å². The number of hydrogen-bond acceptors (Lipinski definition) is 5. The molecule has 1 aromatic carbocycles. The van der Waals surface area contributed by atoms with Crippen LogP contribution in [-0.2, 0) is 4.74 Å². The summed E-state index contributed by atoms with van der Waals surface area (Å²) in [6.07, 6.45) is 0.274. The van der Waals surface area contributed by atoms with Crippen LogP contribution in [0.1, 0.15) is 5.56 Å². The molecular weight excluding hydrogens is 266 g/mol. The van der Waals surface area contributed by atoms with Crippen molar-refractivity contribution in [3.05, 3.63) is 29.8 Å². The molecule has 1 fully saturated rings. The number of ether oxygens (including phenoxy) is 2. The number of nitriles is 1. The van der Waals surface area contributed by atoms with Gasteiger partial charge in [0.25, 0.3) is 0 Å². The average molecular weight is 289 g/mol. The van der Waals surface area contributed by atoms with Gasteiger partial charge in [-0.2, -0.15) is 5.26 Å². The average Bonchev–Trinajstić information content (AvgIpc) is 2.47. The van der Waals surface area contributed by atoms with Gasteiger partial charge in [-0.3, -0.25) is 4.90 Å². The molecule has 1 saturated heterocycles. The molecule has 1 aromatic rings. The zero-order valence-corrected chi connectivity index (χ0v) is 12.8. The lowest BCUT2D eigenvalue weighted by Gasteiger charge is -2.34. The summed E-state index contributed by atoms with van der Waals surface area (Å²) < 4.78 is 11.5. The molecule has 0 N–H and O–H groups in total. The Bertz CT molecular complexity index is 485. The zero-order valence-electron chi connectivity index (χ0n) is 12.8. The fourth-order valence-corrected chi connectivity index (χ4v) is 2.45. The maximum Gasteiger partial charge on any atom is 0.120 e. The molecule has 0 bridgehead atoms. The van der Waals surface area contributed by atoms with Gasteiger partial charge in [-0.25, -0.2) is 0 Å². The molecule has 0 amide bonds. The number of nitrogens with zero attached hydrogens (tertiary/aromatic N) is 3. The Hall–Kier alpha value is -1.61. The SMILES string of the molecule is CN(C)C[C@H]1CN(CCOc2cccc(C#N)c2)CCO1. The van der Waals surface area contributed by atoms with Gasteiger partial charge < -0.3 is 14.4 Å². The summed E-state index contributed by atoms with van der Waals surface area (Å²) in [4.78, 5) is 4.52. The van der Waals surface area contributed by atoms with Crippen LogP contribution in [0.4, 0.5) is 0 Å². The van der Waals surface area contributed by atoms with E-state index in [9.17, 15) is 0 Å². The predicted molar refractivity (Wildman–Crippen MR) is 81.4 cm³/mol. The summed E-state index contributed by atoms with van der Waals surface area (Å²) in [5.74, 6) is 0.757. The summed E-state index contributed by atoms with van der Waals surface area (Å²) in [5, 5.41) is 8.86. The Balaban J connectivity index is 1.74. The van der Waals surface area contributed by atoms with Crippen LogP contribution in [0.5, 0.6) is 5.75 Å². The highest BCUT2D eigenvalue weighted by Gasteiger charge is 2.20. The van der Waals surface area contributed by atoms with Crippen molar-refractivity contribution in [3.63, 3.8) is 0 Å². The van der Waals surface area contributed by atoms with E-state index < -0.39 is 0 Å². The number of morpholine rings is 1. The Morgan fingerprint density at radius 2 is 2.33 bits per heavy atom. The highest BCUT2D eigenvalue weighted by Crippen LogP contribution is 2.13. The summed E-state index contributed by atoms with van der Waals surface area (Å²) in [5.41, 5.74) is 0.630. The van der Waals surface area contributed by atoms with Crippen LogP contribution in [0.15, 0.2) is 24.3 Å². The lowest BCUT2D eigenvalue weighted by Crippen LogP contribution is -2.47. The summed E-state index contributed by atoms with van der Waals surface area (Å²) in [7, 11) is 4.13. The third-order valence-corrected chi connectivity index (χ3v) is 3.43. The second-order valence-corrected chi connectivity index (χ2v) is 5.54.